The molecule has 2 rings (SSSR count). The van der Waals surface area contributed by atoms with Gasteiger partial charge in [-0.25, -0.2) is 8.42 Å². The van der Waals surface area contributed by atoms with Crippen molar-refractivity contribution in [2.75, 3.05) is 30.9 Å². The number of sulfone groups is 1. The highest BCUT2D eigenvalue weighted by atomic mass is 32.2. The summed E-state index contributed by atoms with van der Waals surface area (Å²) < 4.78 is 27.7. The maximum absolute atomic E-state index is 11.4. The molecule has 0 aromatic heterocycles. The third-order valence-electron chi connectivity index (χ3n) is 3.35. The molecular weight excluding hydrogens is 278 g/mol. The van der Waals surface area contributed by atoms with Crippen LogP contribution in [0.15, 0.2) is 29.2 Å². The molecule has 1 saturated heterocycles. The lowest BCUT2D eigenvalue weighted by Crippen LogP contribution is -2.47. The summed E-state index contributed by atoms with van der Waals surface area (Å²) in [5.41, 5.74) is 0.984. The monoisotopic (exact) mass is 297 g/mol. The van der Waals surface area contributed by atoms with Gasteiger partial charge in [-0.1, -0.05) is 0 Å². The van der Waals surface area contributed by atoms with Gasteiger partial charge >= 0.3 is 5.97 Å². The molecule has 1 aromatic carbocycles. The first-order valence-electron chi connectivity index (χ1n) is 6.61. The van der Waals surface area contributed by atoms with E-state index < -0.39 is 9.84 Å². The van der Waals surface area contributed by atoms with Gasteiger partial charge in [0, 0.05) is 31.0 Å². The van der Waals surface area contributed by atoms with Gasteiger partial charge in [0.15, 0.2) is 9.84 Å². The van der Waals surface area contributed by atoms with Crippen molar-refractivity contribution in [3.63, 3.8) is 0 Å². The smallest absolute Gasteiger partial charge is 0.306 e. The van der Waals surface area contributed by atoms with Crippen molar-refractivity contribution >= 4 is 21.5 Å². The molecule has 0 spiro atoms. The van der Waals surface area contributed by atoms with E-state index in [1.54, 1.807) is 31.2 Å². The van der Waals surface area contributed by atoms with Gasteiger partial charge in [0.2, 0.25) is 0 Å². The van der Waals surface area contributed by atoms with Crippen molar-refractivity contribution in [1.29, 1.82) is 0 Å². The molecule has 0 aliphatic carbocycles. The number of ether oxygens (including phenoxy) is 1. The van der Waals surface area contributed by atoms with E-state index in [9.17, 15) is 13.2 Å². The fraction of sp³-hybridized carbons (Fsp3) is 0.500. The second kappa shape index (κ2) is 5.83. The Kier molecular flexibility index (Phi) is 4.32. The predicted molar refractivity (Wildman–Crippen MR) is 76.5 cm³/mol. The average molecular weight is 297 g/mol. The van der Waals surface area contributed by atoms with E-state index in [4.69, 9.17) is 4.74 Å². The maximum Gasteiger partial charge on any atom is 0.306 e. The summed E-state index contributed by atoms with van der Waals surface area (Å²) in [6.45, 7) is 3.82. The van der Waals surface area contributed by atoms with Crippen molar-refractivity contribution < 1.29 is 17.9 Å². The first kappa shape index (κ1) is 14.8. The molecule has 0 unspecified atom stereocenters. The van der Waals surface area contributed by atoms with E-state index in [2.05, 4.69) is 4.90 Å². The van der Waals surface area contributed by atoms with Crippen molar-refractivity contribution in [2.24, 2.45) is 5.92 Å². The van der Waals surface area contributed by atoms with Gasteiger partial charge in [0.25, 0.3) is 0 Å². The average Bonchev–Trinajstić information content (AvgIpc) is 2.33. The molecule has 1 aliphatic heterocycles. The van der Waals surface area contributed by atoms with Crippen LogP contribution in [0.25, 0.3) is 0 Å². The summed E-state index contributed by atoms with van der Waals surface area (Å²) in [5, 5.41) is 0. The molecule has 0 N–H and O–H groups in total. The topological polar surface area (TPSA) is 63.7 Å². The van der Waals surface area contributed by atoms with Crippen LogP contribution < -0.4 is 4.90 Å². The summed E-state index contributed by atoms with van der Waals surface area (Å²) in [5.74, 6) is 0.174. The minimum absolute atomic E-state index is 0.149. The normalized spacial score (nSPS) is 15.8. The van der Waals surface area contributed by atoms with E-state index >= 15 is 0 Å². The van der Waals surface area contributed by atoms with Gasteiger partial charge < -0.3 is 9.64 Å². The third-order valence-corrected chi connectivity index (χ3v) is 4.48. The fourth-order valence-electron chi connectivity index (χ4n) is 2.27. The van der Waals surface area contributed by atoms with Crippen LogP contribution in [0.1, 0.15) is 13.3 Å². The highest BCUT2D eigenvalue weighted by molar-refractivity contribution is 7.90. The Morgan fingerprint density at radius 1 is 1.30 bits per heavy atom. The van der Waals surface area contributed by atoms with E-state index in [0.717, 1.165) is 18.8 Å². The highest BCUT2D eigenvalue weighted by Crippen LogP contribution is 2.27. The Labute approximate surface area is 119 Å². The van der Waals surface area contributed by atoms with Crippen molar-refractivity contribution in [3.05, 3.63) is 24.3 Å². The Bertz CT molecular complexity index is 574. The van der Waals surface area contributed by atoms with Gasteiger partial charge in [-0.15, -0.1) is 0 Å². The number of benzene rings is 1. The standard InChI is InChI=1S/C14H19NO4S/c1-3-19-14(16)8-11-9-15(10-11)12-4-6-13(7-5-12)20(2,17)18/h4-7,11H,3,8-10H2,1-2H3. The van der Waals surface area contributed by atoms with E-state index in [1.165, 1.54) is 6.26 Å². The Balaban J connectivity index is 1.88. The fourth-order valence-corrected chi connectivity index (χ4v) is 2.90. The quantitative estimate of drug-likeness (QED) is 0.770. The molecule has 6 heteroatoms. The minimum atomic E-state index is -3.15. The molecule has 0 atom stereocenters. The number of hydrogen-bond donors (Lipinski definition) is 0. The summed E-state index contributed by atoms with van der Waals surface area (Å²) in [6.07, 6.45) is 1.65. The number of nitrogens with zero attached hydrogens (tertiary/aromatic N) is 1. The Morgan fingerprint density at radius 2 is 1.90 bits per heavy atom. The summed E-state index contributed by atoms with van der Waals surface area (Å²) >= 11 is 0. The highest BCUT2D eigenvalue weighted by Gasteiger charge is 2.29. The van der Waals surface area contributed by atoms with Crippen LogP contribution in [0.5, 0.6) is 0 Å². The lowest BCUT2D eigenvalue weighted by Gasteiger charge is -2.40. The van der Waals surface area contributed by atoms with Crippen LogP contribution in [0.2, 0.25) is 0 Å². The molecule has 110 valence electrons. The number of rotatable bonds is 5. The van der Waals surface area contributed by atoms with Crippen molar-refractivity contribution in [3.8, 4) is 0 Å². The molecule has 1 fully saturated rings. The zero-order chi connectivity index (χ0) is 14.8. The van der Waals surface area contributed by atoms with E-state index in [-0.39, 0.29) is 5.97 Å². The first-order chi connectivity index (χ1) is 9.40. The molecule has 0 bridgehead atoms. The Morgan fingerprint density at radius 3 is 2.40 bits per heavy atom. The SMILES string of the molecule is CCOC(=O)CC1CN(c2ccc(S(C)(=O)=O)cc2)C1. The molecule has 1 aliphatic rings. The van der Waals surface area contributed by atoms with Crippen molar-refractivity contribution in [1.82, 2.24) is 0 Å². The molecule has 0 saturated carbocycles. The molecule has 5 nitrogen and oxygen atoms in total. The van der Waals surface area contributed by atoms with Gasteiger partial charge in [-0.3, -0.25) is 4.79 Å². The van der Waals surface area contributed by atoms with Crippen LogP contribution >= 0.6 is 0 Å². The number of carbonyl (C=O) groups excluding carboxylic acids is 1. The van der Waals surface area contributed by atoms with Gasteiger partial charge in [-0.05, 0) is 31.2 Å². The lowest BCUT2D eigenvalue weighted by molar-refractivity contribution is -0.144. The van der Waals surface area contributed by atoms with Crippen molar-refractivity contribution in [2.45, 2.75) is 18.2 Å². The predicted octanol–water partition coefficient (Wildman–Crippen LogP) is 1.48. The molecule has 0 amide bonds. The zero-order valence-corrected chi connectivity index (χ0v) is 12.5. The van der Waals surface area contributed by atoms with Crippen LogP contribution in [-0.2, 0) is 19.4 Å². The van der Waals surface area contributed by atoms with E-state index in [0.29, 0.717) is 23.8 Å². The van der Waals surface area contributed by atoms with Crippen LogP contribution in [0, 0.1) is 5.92 Å². The molecular formula is C14H19NO4S. The second-order valence-electron chi connectivity index (χ2n) is 5.05. The Hall–Kier alpha value is -1.56. The number of anilines is 1. The number of esters is 1. The molecule has 1 aromatic rings. The number of carbonyl (C=O) groups is 1. The summed E-state index contributed by atoms with van der Waals surface area (Å²) in [7, 11) is -3.15. The lowest BCUT2D eigenvalue weighted by atomic mass is 9.95. The summed E-state index contributed by atoms with van der Waals surface area (Å²) in [6, 6.07) is 6.83. The van der Waals surface area contributed by atoms with Crippen LogP contribution in [0.3, 0.4) is 0 Å². The minimum Gasteiger partial charge on any atom is -0.466 e. The zero-order valence-electron chi connectivity index (χ0n) is 11.7. The molecule has 0 radical (unpaired) electrons. The van der Waals surface area contributed by atoms with E-state index in [1.807, 2.05) is 0 Å². The summed E-state index contributed by atoms with van der Waals surface area (Å²) in [4.78, 5) is 13.8. The second-order valence-corrected chi connectivity index (χ2v) is 7.06. The van der Waals surface area contributed by atoms with Gasteiger partial charge in [0.05, 0.1) is 17.9 Å². The first-order valence-corrected chi connectivity index (χ1v) is 8.50. The third kappa shape index (κ3) is 3.50. The van der Waals surface area contributed by atoms with Gasteiger partial charge in [0.1, 0.15) is 0 Å². The van der Waals surface area contributed by atoms with Crippen LogP contribution in [0.4, 0.5) is 5.69 Å². The van der Waals surface area contributed by atoms with Crippen LogP contribution in [-0.4, -0.2) is 40.3 Å². The molecule has 1 heterocycles. The molecule has 20 heavy (non-hydrogen) atoms. The maximum atomic E-state index is 11.4. The number of hydrogen-bond acceptors (Lipinski definition) is 5. The van der Waals surface area contributed by atoms with Gasteiger partial charge in [-0.2, -0.15) is 0 Å². The largest absolute Gasteiger partial charge is 0.466 e.